The van der Waals surface area contributed by atoms with E-state index in [0.29, 0.717) is 0 Å². The maximum Gasteiger partial charge on any atom is 0.0645 e. The highest BCUT2D eigenvalue weighted by Gasteiger charge is 2.11. The number of para-hydroxylation sites is 1. The van der Waals surface area contributed by atoms with Crippen molar-refractivity contribution in [1.82, 2.24) is 15.1 Å². The van der Waals surface area contributed by atoms with Gasteiger partial charge in [0.1, 0.15) is 0 Å². The van der Waals surface area contributed by atoms with E-state index in [4.69, 9.17) is 5.11 Å². The van der Waals surface area contributed by atoms with Crippen LogP contribution in [0.25, 0.3) is 5.69 Å². The first-order valence-electron chi connectivity index (χ1n) is 6.17. The van der Waals surface area contributed by atoms with Crippen molar-refractivity contribution in [3.05, 3.63) is 48.3 Å². The lowest BCUT2D eigenvalue weighted by Gasteiger charge is -2.16. The number of hydrogen-bond acceptors (Lipinski definition) is 3. The number of hydrogen-bond donors (Lipinski definition) is 2. The third-order valence-electron chi connectivity index (χ3n) is 2.93. The van der Waals surface area contributed by atoms with Crippen molar-refractivity contribution in [2.75, 3.05) is 6.61 Å². The first-order chi connectivity index (χ1) is 8.70. The molecule has 4 nitrogen and oxygen atoms in total. The van der Waals surface area contributed by atoms with Gasteiger partial charge in [0.25, 0.3) is 0 Å². The van der Waals surface area contributed by atoms with Gasteiger partial charge in [-0.15, -0.1) is 0 Å². The number of nitrogens with one attached hydrogen (secondary N) is 1. The Bertz CT molecular complexity index is 481. The SMILES string of the molecule is CC(N[C@H](C)CO)c1cnn(-c2ccccc2)c1. The van der Waals surface area contributed by atoms with Gasteiger partial charge in [-0.05, 0) is 26.0 Å². The summed E-state index contributed by atoms with van der Waals surface area (Å²) in [4.78, 5) is 0. The lowest BCUT2D eigenvalue weighted by Crippen LogP contribution is -2.31. The summed E-state index contributed by atoms with van der Waals surface area (Å²) in [6, 6.07) is 10.3. The van der Waals surface area contributed by atoms with Crippen molar-refractivity contribution in [2.24, 2.45) is 0 Å². The fourth-order valence-corrected chi connectivity index (χ4v) is 1.86. The van der Waals surface area contributed by atoms with Gasteiger partial charge in [-0.25, -0.2) is 4.68 Å². The second-order valence-corrected chi connectivity index (χ2v) is 4.53. The summed E-state index contributed by atoms with van der Waals surface area (Å²) in [5.74, 6) is 0. The molecule has 2 aromatic rings. The molecular weight excluding hydrogens is 226 g/mol. The molecule has 0 fully saturated rings. The van der Waals surface area contributed by atoms with Crippen LogP contribution in [0.2, 0.25) is 0 Å². The molecule has 4 heteroatoms. The average Bonchev–Trinajstić information content (AvgIpc) is 2.89. The summed E-state index contributed by atoms with van der Waals surface area (Å²) >= 11 is 0. The molecule has 1 aromatic carbocycles. The van der Waals surface area contributed by atoms with Crippen molar-refractivity contribution in [3.8, 4) is 5.69 Å². The fraction of sp³-hybridized carbons (Fsp3) is 0.357. The molecule has 18 heavy (non-hydrogen) atoms. The van der Waals surface area contributed by atoms with E-state index >= 15 is 0 Å². The maximum absolute atomic E-state index is 9.03. The molecule has 0 aliphatic carbocycles. The van der Waals surface area contributed by atoms with Crippen molar-refractivity contribution < 1.29 is 5.11 Å². The third-order valence-corrected chi connectivity index (χ3v) is 2.93. The Kier molecular flexibility index (Phi) is 4.12. The van der Waals surface area contributed by atoms with Gasteiger partial charge in [0.05, 0.1) is 18.5 Å². The number of nitrogens with zero attached hydrogens (tertiary/aromatic N) is 2. The van der Waals surface area contributed by atoms with Crippen LogP contribution < -0.4 is 5.32 Å². The van der Waals surface area contributed by atoms with Gasteiger partial charge in [-0.2, -0.15) is 5.10 Å². The van der Waals surface area contributed by atoms with Gasteiger partial charge in [0, 0.05) is 23.8 Å². The molecule has 0 amide bonds. The Morgan fingerprint density at radius 2 is 2.00 bits per heavy atom. The highest BCUT2D eigenvalue weighted by atomic mass is 16.3. The molecule has 1 heterocycles. The minimum atomic E-state index is 0.0834. The van der Waals surface area contributed by atoms with E-state index in [-0.39, 0.29) is 18.7 Å². The molecule has 0 aliphatic rings. The molecule has 0 saturated heterocycles. The monoisotopic (exact) mass is 245 g/mol. The van der Waals surface area contributed by atoms with Crippen LogP contribution in [-0.4, -0.2) is 27.5 Å². The van der Waals surface area contributed by atoms with Crippen LogP contribution in [0.15, 0.2) is 42.7 Å². The summed E-state index contributed by atoms with van der Waals surface area (Å²) in [5, 5.41) is 16.7. The molecule has 2 rings (SSSR count). The van der Waals surface area contributed by atoms with Gasteiger partial charge in [0.2, 0.25) is 0 Å². The van der Waals surface area contributed by atoms with E-state index in [1.807, 2.05) is 54.3 Å². The van der Waals surface area contributed by atoms with Gasteiger partial charge in [-0.3, -0.25) is 0 Å². The van der Waals surface area contributed by atoms with Crippen LogP contribution in [-0.2, 0) is 0 Å². The molecule has 2 atom stereocenters. The third kappa shape index (κ3) is 2.97. The van der Waals surface area contributed by atoms with Gasteiger partial charge < -0.3 is 10.4 Å². The number of benzene rings is 1. The zero-order chi connectivity index (χ0) is 13.0. The Hall–Kier alpha value is -1.65. The van der Waals surface area contributed by atoms with Crippen molar-refractivity contribution in [3.63, 3.8) is 0 Å². The fourth-order valence-electron chi connectivity index (χ4n) is 1.86. The van der Waals surface area contributed by atoms with Crippen LogP contribution in [0.4, 0.5) is 0 Å². The molecule has 1 unspecified atom stereocenters. The highest BCUT2D eigenvalue weighted by molar-refractivity contribution is 5.31. The number of aromatic nitrogens is 2. The zero-order valence-corrected chi connectivity index (χ0v) is 10.7. The normalized spacial score (nSPS) is 14.4. The lowest BCUT2D eigenvalue weighted by molar-refractivity contribution is 0.243. The lowest BCUT2D eigenvalue weighted by atomic mass is 10.1. The van der Waals surface area contributed by atoms with E-state index in [9.17, 15) is 0 Å². The highest BCUT2D eigenvalue weighted by Crippen LogP contribution is 2.14. The van der Waals surface area contributed by atoms with Crippen LogP contribution in [0.5, 0.6) is 0 Å². The Labute approximate surface area is 107 Å². The molecule has 0 bridgehead atoms. The van der Waals surface area contributed by atoms with Crippen molar-refractivity contribution in [1.29, 1.82) is 0 Å². The molecule has 2 N–H and O–H groups in total. The summed E-state index contributed by atoms with van der Waals surface area (Å²) in [6.45, 7) is 4.16. The first-order valence-corrected chi connectivity index (χ1v) is 6.17. The summed E-state index contributed by atoms with van der Waals surface area (Å²) in [5.41, 5.74) is 2.16. The second-order valence-electron chi connectivity index (χ2n) is 4.53. The van der Waals surface area contributed by atoms with Crippen LogP contribution in [0, 0.1) is 0 Å². The molecule has 0 spiro atoms. The number of aliphatic hydroxyl groups is 1. The van der Waals surface area contributed by atoms with Gasteiger partial charge in [-0.1, -0.05) is 18.2 Å². The molecule has 96 valence electrons. The minimum Gasteiger partial charge on any atom is -0.395 e. The summed E-state index contributed by atoms with van der Waals surface area (Å²) < 4.78 is 1.86. The van der Waals surface area contributed by atoms with Crippen LogP contribution in [0.1, 0.15) is 25.5 Å². The smallest absolute Gasteiger partial charge is 0.0645 e. The van der Waals surface area contributed by atoms with E-state index in [1.165, 1.54) is 0 Å². The largest absolute Gasteiger partial charge is 0.395 e. The first kappa shape index (κ1) is 12.8. The Balaban J connectivity index is 2.11. The molecule has 0 saturated carbocycles. The second kappa shape index (κ2) is 5.80. The maximum atomic E-state index is 9.03. The minimum absolute atomic E-state index is 0.0834. The van der Waals surface area contributed by atoms with Crippen LogP contribution in [0.3, 0.4) is 0 Å². The topological polar surface area (TPSA) is 50.1 Å². The quantitative estimate of drug-likeness (QED) is 0.846. The van der Waals surface area contributed by atoms with Gasteiger partial charge in [0.15, 0.2) is 0 Å². The van der Waals surface area contributed by atoms with E-state index in [1.54, 1.807) is 0 Å². The zero-order valence-electron chi connectivity index (χ0n) is 10.7. The standard InChI is InChI=1S/C14H19N3O/c1-11(10-18)16-12(2)13-8-15-17(9-13)14-6-4-3-5-7-14/h3-9,11-12,16,18H,10H2,1-2H3/t11-,12?/m1/s1. The number of aliphatic hydroxyl groups excluding tert-OH is 1. The van der Waals surface area contributed by atoms with E-state index < -0.39 is 0 Å². The molecule has 0 aliphatic heterocycles. The summed E-state index contributed by atoms with van der Waals surface area (Å²) in [6.07, 6.45) is 3.87. The molecule has 0 radical (unpaired) electrons. The summed E-state index contributed by atoms with van der Waals surface area (Å²) in [7, 11) is 0. The van der Waals surface area contributed by atoms with Crippen molar-refractivity contribution >= 4 is 0 Å². The number of rotatable bonds is 5. The van der Waals surface area contributed by atoms with E-state index in [0.717, 1.165) is 11.3 Å². The van der Waals surface area contributed by atoms with E-state index in [2.05, 4.69) is 17.3 Å². The predicted octanol–water partition coefficient (Wildman–Crippen LogP) is 1.90. The Morgan fingerprint density at radius 3 is 2.67 bits per heavy atom. The average molecular weight is 245 g/mol. The van der Waals surface area contributed by atoms with Crippen molar-refractivity contribution in [2.45, 2.75) is 25.9 Å². The molecular formula is C14H19N3O. The Morgan fingerprint density at radius 1 is 1.28 bits per heavy atom. The van der Waals surface area contributed by atoms with Crippen LogP contribution >= 0.6 is 0 Å². The predicted molar refractivity (Wildman–Crippen MR) is 71.7 cm³/mol. The van der Waals surface area contributed by atoms with Gasteiger partial charge >= 0.3 is 0 Å². The molecule has 1 aromatic heterocycles.